The minimum atomic E-state index is -0.275. The van der Waals surface area contributed by atoms with Gasteiger partial charge in [0.1, 0.15) is 5.78 Å². The number of amides is 2. The van der Waals surface area contributed by atoms with E-state index in [1.165, 1.54) is 25.3 Å². The topological polar surface area (TPSA) is 58.2 Å². The lowest BCUT2D eigenvalue weighted by atomic mass is 10.1. The Labute approximate surface area is 114 Å². The second-order valence-corrected chi connectivity index (χ2v) is 4.63. The molecule has 19 heavy (non-hydrogen) atoms. The lowest BCUT2D eigenvalue weighted by Crippen LogP contribution is -2.30. The molecule has 0 heterocycles. The number of anilines is 1. The Bertz CT molecular complexity index is 413. The van der Waals surface area contributed by atoms with E-state index in [1.54, 1.807) is 0 Å². The van der Waals surface area contributed by atoms with Gasteiger partial charge in [0.25, 0.3) is 0 Å². The average Bonchev–Trinajstić information content (AvgIpc) is 2.37. The zero-order valence-corrected chi connectivity index (χ0v) is 11.7. The molecule has 2 amide bonds. The van der Waals surface area contributed by atoms with Crippen molar-refractivity contribution >= 4 is 17.5 Å². The summed E-state index contributed by atoms with van der Waals surface area (Å²) in [6.07, 6.45) is 3.79. The van der Waals surface area contributed by atoms with Crippen molar-refractivity contribution in [3.8, 4) is 0 Å². The lowest BCUT2D eigenvalue weighted by Gasteiger charge is -2.07. The van der Waals surface area contributed by atoms with Gasteiger partial charge in [0, 0.05) is 18.7 Å². The molecule has 1 rings (SSSR count). The minimum Gasteiger partial charge on any atom is -0.337 e. The number of Topliss-reactive ketones (excluding diaryl/α,β-unsaturated/α-hetero) is 1. The number of hydrogen-bond donors (Lipinski definition) is 2. The molecule has 0 unspecified atom stereocenters. The Kier molecular flexibility index (Phi) is 6.64. The van der Waals surface area contributed by atoms with Gasteiger partial charge in [-0.05, 0) is 37.5 Å². The van der Waals surface area contributed by atoms with E-state index in [4.69, 9.17) is 0 Å². The molecular formula is C15H22N2O2. The number of hydrogen-bond acceptors (Lipinski definition) is 2. The Morgan fingerprint density at radius 2 is 1.84 bits per heavy atom. The highest BCUT2D eigenvalue weighted by Crippen LogP contribution is 2.11. The fourth-order valence-corrected chi connectivity index (χ4v) is 1.66. The van der Waals surface area contributed by atoms with Crippen molar-refractivity contribution in [1.82, 2.24) is 5.32 Å². The maximum Gasteiger partial charge on any atom is 0.319 e. The van der Waals surface area contributed by atoms with Crippen LogP contribution in [-0.2, 0) is 11.2 Å². The molecule has 104 valence electrons. The molecule has 4 heteroatoms. The van der Waals surface area contributed by atoms with Gasteiger partial charge in [0.05, 0.1) is 0 Å². The van der Waals surface area contributed by atoms with Gasteiger partial charge >= 0.3 is 6.03 Å². The summed E-state index contributed by atoms with van der Waals surface area (Å²) in [5.41, 5.74) is 2.05. The van der Waals surface area contributed by atoms with E-state index in [-0.39, 0.29) is 11.8 Å². The van der Waals surface area contributed by atoms with Crippen molar-refractivity contribution in [2.24, 2.45) is 0 Å². The first-order chi connectivity index (χ1) is 9.11. The molecule has 0 aromatic heterocycles. The highest BCUT2D eigenvalue weighted by Gasteiger charge is 2.02. The number of carbonyl (C=O) groups is 2. The number of ketones is 1. The lowest BCUT2D eigenvalue weighted by molar-refractivity contribution is -0.116. The molecule has 0 aliphatic rings. The van der Waals surface area contributed by atoms with Crippen molar-refractivity contribution in [2.45, 2.75) is 39.5 Å². The van der Waals surface area contributed by atoms with E-state index in [0.717, 1.165) is 12.1 Å². The van der Waals surface area contributed by atoms with Crippen LogP contribution in [0, 0.1) is 0 Å². The van der Waals surface area contributed by atoms with Crippen molar-refractivity contribution in [3.63, 3.8) is 0 Å². The molecule has 4 nitrogen and oxygen atoms in total. The van der Waals surface area contributed by atoms with Gasteiger partial charge < -0.3 is 10.6 Å². The SMILES string of the molecule is CCCCc1ccc(NC(=O)NCCC(C)=O)cc1. The summed E-state index contributed by atoms with van der Waals surface area (Å²) in [5.74, 6) is 0.0700. The van der Waals surface area contributed by atoms with E-state index in [9.17, 15) is 9.59 Å². The number of aryl methyl sites for hydroxylation is 1. The molecule has 1 aromatic carbocycles. The number of benzene rings is 1. The summed E-state index contributed by atoms with van der Waals surface area (Å²) in [6.45, 7) is 4.05. The largest absolute Gasteiger partial charge is 0.337 e. The van der Waals surface area contributed by atoms with Gasteiger partial charge in [-0.25, -0.2) is 4.79 Å². The summed E-state index contributed by atoms with van der Waals surface area (Å²) in [5, 5.41) is 5.38. The Balaban J connectivity index is 2.35. The predicted molar refractivity (Wildman–Crippen MR) is 77.4 cm³/mol. The quantitative estimate of drug-likeness (QED) is 0.793. The zero-order valence-electron chi connectivity index (χ0n) is 11.7. The first kappa shape index (κ1) is 15.2. The van der Waals surface area contributed by atoms with Crippen molar-refractivity contribution < 1.29 is 9.59 Å². The summed E-state index contributed by atoms with van der Waals surface area (Å²) < 4.78 is 0. The third-order valence-electron chi connectivity index (χ3n) is 2.79. The fraction of sp³-hybridized carbons (Fsp3) is 0.467. The molecule has 2 N–H and O–H groups in total. The summed E-state index contributed by atoms with van der Waals surface area (Å²) in [6, 6.07) is 7.58. The molecule has 1 aromatic rings. The average molecular weight is 262 g/mol. The van der Waals surface area contributed by atoms with Gasteiger partial charge in [-0.15, -0.1) is 0 Å². The zero-order chi connectivity index (χ0) is 14.1. The molecular weight excluding hydrogens is 240 g/mol. The number of rotatable bonds is 7. The summed E-state index contributed by atoms with van der Waals surface area (Å²) in [4.78, 5) is 22.3. The molecule has 0 aliphatic heterocycles. The standard InChI is InChI=1S/C15H22N2O2/c1-3-4-5-13-6-8-14(9-7-13)17-15(19)16-11-10-12(2)18/h6-9H,3-5,10-11H2,1-2H3,(H2,16,17,19). The third kappa shape index (κ3) is 6.60. The van der Waals surface area contributed by atoms with Crippen molar-refractivity contribution in [1.29, 1.82) is 0 Å². The minimum absolute atomic E-state index is 0.0700. The summed E-state index contributed by atoms with van der Waals surface area (Å²) in [7, 11) is 0. The van der Waals surface area contributed by atoms with Crippen LogP contribution in [0.1, 0.15) is 38.7 Å². The van der Waals surface area contributed by atoms with Crippen LogP contribution in [0.4, 0.5) is 10.5 Å². The van der Waals surface area contributed by atoms with Crippen LogP contribution < -0.4 is 10.6 Å². The van der Waals surface area contributed by atoms with Crippen LogP contribution >= 0.6 is 0 Å². The second-order valence-electron chi connectivity index (χ2n) is 4.63. The Hall–Kier alpha value is -1.84. The molecule has 0 saturated heterocycles. The number of urea groups is 1. The molecule has 0 radical (unpaired) electrons. The third-order valence-corrected chi connectivity index (χ3v) is 2.79. The van der Waals surface area contributed by atoms with Crippen LogP contribution in [-0.4, -0.2) is 18.4 Å². The highest BCUT2D eigenvalue weighted by molar-refractivity contribution is 5.89. The molecule has 0 fully saturated rings. The normalized spacial score (nSPS) is 10.0. The van der Waals surface area contributed by atoms with Crippen LogP contribution in [0.2, 0.25) is 0 Å². The molecule has 0 saturated carbocycles. The van der Waals surface area contributed by atoms with Crippen molar-refractivity contribution in [2.75, 3.05) is 11.9 Å². The van der Waals surface area contributed by atoms with E-state index >= 15 is 0 Å². The maximum absolute atomic E-state index is 11.5. The molecule has 0 bridgehead atoms. The highest BCUT2D eigenvalue weighted by atomic mass is 16.2. The second kappa shape index (κ2) is 8.29. The van der Waals surface area contributed by atoms with E-state index in [0.29, 0.717) is 13.0 Å². The predicted octanol–water partition coefficient (Wildman–Crippen LogP) is 3.13. The van der Waals surface area contributed by atoms with Gasteiger partial charge in [-0.2, -0.15) is 0 Å². The van der Waals surface area contributed by atoms with Gasteiger partial charge in [-0.3, -0.25) is 4.79 Å². The maximum atomic E-state index is 11.5. The van der Waals surface area contributed by atoms with Gasteiger partial charge in [-0.1, -0.05) is 25.5 Å². The number of unbranched alkanes of at least 4 members (excludes halogenated alkanes) is 1. The fourth-order valence-electron chi connectivity index (χ4n) is 1.66. The number of nitrogens with one attached hydrogen (secondary N) is 2. The summed E-state index contributed by atoms with van der Waals surface area (Å²) >= 11 is 0. The van der Waals surface area contributed by atoms with E-state index in [2.05, 4.69) is 17.6 Å². The van der Waals surface area contributed by atoms with Gasteiger partial charge in [0.2, 0.25) is 0 Å². The molecule has 0 aliphatic carbocycles. The monoisotopic (exact) mass is 262 g/mol. The molecule has 0 atom stereocenters. The smallest absolute Gasteiger partial charge is 0.319 e. The van der Waals surface area contributed by atoms with E-state index < -0.39 is 0 Å². The number of carbonyl (C=O) groups excluding carboxylic acids is 2. The van der Waals surface area contributed by atoms with Crippen LogP contribution in [0.3, 0.4) is 0 Å². The van der Waals surface area contributed by atoms with Crippen LogP contribution in [0.25, 0.3) is 0 Å². The first-order valence-electron chi connectivity index (χ1n) is 6.75. The first-order valence-corrected chi connectivity index (χ1v) is 6.75. The molecule has 0 spiro atoms. The van der Waals surface area contributed by atoms with Crippen LogP contribution in [0.5, 0.6) is 0 Å². The Morgan fingerprint density at radius 1 is 1.16 bits per heavy atom. The van der Waals surface area contributed by atoms with E-state index in [1.807, 2.05) is 24.3 Å². The van der Waals surface area contributed by atoms with Gasteiger partial charge in [0.15, 0.2) is 0 Å². The Morgan fingerprint density at radius 3 is 2.42 bits per heavy atom. The van der Waals surface area contributed by atoms with Crippen molar-refractivity contribution in [3.05, 3.63) is 29.8 Å². The van der Waals surface area contributed by atoms with Crippen LogP contribution in [0.15, 0.2) is 24.3 Å².